The molecule has 1 unspecified atom stereocenters. The van der Waals surface area contributed by atoms with E-state index in [4.69, 9.17) is 4.74 Å². The van der Waals surface area contributed by atoms with Gasteiger partial charge >= 0.3 is 0 Å². The Bertz CT molecular complexity index is 454. The van der Waals surface area contributed by atoms with Gasteiger partial charge < -0.3 is 15.2 Å². The molecule has 0 spiro atoms. The number of hydrogen-bond donors (Lipinski definition) is 2. The number of rotatable bonds is 7. The van der Waals surface area contributed by atoms with Crippen molar-refractivity contribution in [2.75, 3.05) is 19.7 Å². The minimum atomic E-state index is -0.804. The second-order valence-corrected chi connectivity index (χ2v) is 6.91. The maximum absolute atomic E-state index is 11.2. The Morgan fingerprint density at radius 2 is 1.86 bits per heavy atom. The molecule has 0 aromatic heterocycles. The van der Waals surface area contributed by atoms with Gasteiger partial charge in [0.2, 0.25) is 0 Å². The Kier molecular flexibility index (Phi) is 5.17. The van der Waals surface area contributed by atoms with Crippen LogP contribution in [0.3, 0.4) is 0 Å². The Morgan fingerprint density at radius 3 is 2.45 bits per heavy atom. The largest absolute Gasteiger partial charge is 0.382 e. The van der Waals surface area contributed by atoms with Gasteiger partial charge in [-0.25, -0.2) is 0 Å². The van der Waals surface area contributed by atoms with Crippen LogP contribution < -0.4 is 5.32 Å². The molecule has 122 valence electrons. The van der Waals surface area contributed by atoms with Crippen molar-refractivity contribution in [1.82, 2.24) is 5.32 Å². The van der Waals surface area contributed by atoms with Crippen molar-refractivity contribution < 1.29 is 9.84 Å². The highest BCUT2D eigenvalue weighted by Crippen LogP contribution is 2.46. The third-order valence-corrected chi connectivity index (χ3v) is 5.36. The van der Waals surface area contributed by atoms with Gasteiger partial charge in [-0.1, -0.05) is 37.3 Å². The number of hydrogen-bond acceptors (Lipinski definition) is 3. The van der Waals surface area contributed by atoms with E-state index in [1.54, 1.807) is 0 Å². The SMILES string of the molecule is CC[C@H](OCC(O)(c1ccccc1)C1CC1)C1CCNCC1. The summed E-state index contributed by atoms with van der Waals surface area (Å²) in [6.45, 7) is 4.82. The van der Waals surface area contributed by atoms with Crippen LogP contribution in [0, 0.1) is 11.8 Å². The van der Waals surface area contributed by atoms with E-state index in [2.05, 4.69) is 12.2 Å². The summed E-state index contributed by atoms with van der Waals surface area (Å²) in [6.07, 6.45) is 5.89. The van der Waals surface area contributed by atoms with E-state index in [-0.39, 0.29) is 6.10 Å². The third-order valence-electron chi connectivity index (χ3n) is 5.36. The summed E-state index contributed by atoms with van der Waals surface area (Å²) in [5, 5.41) is 14.6. The van der Waals surface area contributed by atoms with E-state index in [1.165, 1.54) is 12.8 Å². The van der Waals surface area contributed by atoms with E-state index in [0.717, 1.165) is 37.9 Å². The van der Waals surface area contributed by atoms with Crippen LogP contribution in [0.5, 0.6) is 0 Å². The zero-order valence-corrected chi connectivity index (χ0v) is 13.6. The number of aliphatic hydroxyl groups is 1. The fourth-order valence-electron chi connectivity index (χ4n) is 3.76. The van der Waals surface area contributed by atoms with Crippen molar-refractivity contribution in [2.45, 2.75) is 50.7 Å². The molecule has 3 rings (SSSR count). The summed E-state index contributed by atoms with van der Waals surface area (Å²) in [6, 6.07) is 10.1. The first-order valence-corrected chi connectivity index (χ1v) is 8.84. The quantitative estimate of drug-likeness (QED) is 0.813. The third kappa shape index (κ3) is 3.53. The molecule has 1 aliphatic heterocycles. The maximum atomic E-state index is 11.2. The molecular weight excluding hydrogens is 274 g/mol. The topological polar surface area (TPSA) is 41.5 Å². The normalized spacial score (nSPS) is 23.9. The van der Waals surface area contributed by atoms with E-state index < -0.39 is 5.60 Å². The first-order valence-electron chi connectivity index (χ1n) is 8.84. The van der Waals surface area contributed by atoms with Crippen LogP contribution in [0.15, 0.2) is 30.3 Å². The fraction of sp³-hybridized carbons (Fsp3) is 0.684. The smallest absolute Gasteiger partial charge is 0.116 e. The molecule has 1 aromatic rings. The molecule has 3 nitrogen and oxygen atoms in total. The first kappa shape index (κ1) is 16.0. The number of benzene rings is 1. The second-order valence-electron chi connectivity index (χ2n) is 6.91. The molecule has 1 aliphatic carbocycles. The van der Waals surface area contributed by atoms with Crippen molar-refractivity contribution >= 4 is 0 Å². The molecule has 0 bridgehead atoms. The van der Waals surface area contributed by atoms with Crippen LogP contribution in [0.25, 0.3) is 0 Å². The molecule has 3 heteroatoms. The molecular formula is C19H29NO2. The Hall–Kier alpha value is -0.900. The minimum absolute atomic E-state index is 0.274. The zero-order valence-electron chi connectivity index (χ0n) is 13.6. The number of ether oxygens (including phenoxy) is 1. The van der Waals surface area contributed by atoms with Gasteiger partial charge in [0.15, 0.2) is 0 Å². The molecule has 2 atom stereocenters. The molecule has 1 saturated carbocycles. The van der Waals surface area contributed by atoms with Crippen molar-refractivity contribution in [1.29, 1.82) is 0 Å². The van der Waals surface area contributed by atoms with Crippen LogP contribution in [0.2, 0.25) is 0 Å². The monoisotopic (exact) mass is 303 g/mol. The minimum Gasteiger partial charge on any atom is -0.382 e. The summed E-state index contributed by atoms with van der Waals surface area (Å²) in [4.78, 5) is 0. The van der Waals surface area contributed by atoms with Crippen LogP contribution in [0.4, 0.5) is 0 Å². The van der Waals surface area contributed by atoms with Gasteiger partial charge in [-0.2, -0.15) is 0 Å². The lowest BCUT2D eigenvalue weighted by Gasteiger charge is -2.34. The van der Waals surface area contributed by atoms with E-state index >= 15 is 0 Å². The molecule has 22 heavy (non-hydrogen) atoms. The molecule has 0 radical (unpaired) electrons. The van der Waals surface area contributed by atoms with Gasteiger partial charge in [-0.3, -0.25) is 0 Å². The first-order chi connectivity index (χ1) is 10.7. The highest BCUT2D eigenvalue weighted by atomic mass is 16.5. The van der Waals surface area contributed by atoms with Crippen LogP contribution in [-0.2, 0) is 10.3 Å². The molecule has 2 aliphatic rings. The lowest BCUT2D eigenvalue weighted by atomic mass is 9.88. The van der Waals surface area contributed by atoms with Crippen LogP contribution in [0.1, 0.15) is 44.6 Å². The summed E-state index contributed by atoms with van der Waals surface area (Å²) in [5.74, 6) is 0.992. The number of nitrogens with one attached hydrogen (secondary N) is 1. The highest BCUT2D eigenvalue weighted by molar-refractivity contribution is 5.25. The summed E-state index contributed by atoms with van der Waals surface area (Å²) >= 11 is 0. The molecule has 1 heterocycles. The zero-order chi connectivity index (χ0) is 15.4. The average Bonchev–Trinajstić information content (AvgIpc) is 3.42. The lowest BCUT2D eigenvalue weighted by Crippen LogP contribution is -2.40. The molecule has 2 fully saturated rings. The Balaban J connectivity index is 1.66. The van der Waals surface area contributed by atoms with Gasteiger partial charge in [-0.15, -0.1) is 0 Å². The predicted molar refractivity (Wildman–Crippen MR) is 88.7 cm³/mol. The van der Waals surface area contributed by atoms with Crippen molar-refractivity contribution in [3.05, 3.63) is 35.9 Å². The second kappa shape index (κ2) is 7.12. The van der Waals surface area contributed by atoms with Crippen molar-refractivity contribution in [3.63, 3.8) is 0 Å². The van der Waals surface area contributed by atoms with Gasteiger partial charge in [0.1, 0.15) is 5.60 Å². The van der Waals surface area contributed by atoms with Gasteiger partial charge in [0, 0.05) is 0 Å². The van der Waals surface area contributed by atoms with Crippen LogP contribution in [-0.4, -0.2) is 30.9 Å². The van der Waals surface area contributed by atoms with Crippen LogP contribution >= 0.6 is 0 Å². The van der Waals surface area contributed by atoms with Gasteiger partial charge in [-0.05, 0) is 62.6 Å². The summed E-state index contributed by atoms with van der Waals surface area (Å²) < 4.78 is 6.27. The van der Waals surface area contributed by atoms with Gasteiger partial charge in [0.05, 0.1) is 12.7 Å². The molecule has 1 saturated heterocycles. The number of piperidine rings is 1. The van der Waals surface area contributed by atoms with Crippen molar-refractivity contribution in [3.8, 4) is 0 Å². The molecule has 2 N–H and O–H groups in total. The molecule has 1 aromatic carbocycles. The fourth-order valence-corrected chi connectivity index (χ4v) is 3.76. The van der Waals surface area contributed by atoms with E-state index in [0.29, 0.717) is 18.4 Å². The summed E-state index contributed by atoms with van der Waals surface area (Å²) in [7, 11) is 0. The lowest BCUT2D eigenvalue weighted by molar-refractivity contribution is -0.106. The average molecular weight is 303 g/mol. The Labute approximate surface area is 134 Å². The maximum Gasteiger partial charge on any atom is 0.116 e. The van der Waals surface area contributed by atoms with Crippen molar-refractivity contribution in [2.24, 2.45) is 11.8 Å². The van der Waals surface area contributed by atoms with E-state index in [9.17, 15) is 5.11 Å². The van der Waals surface area contributed by atoms with E-state index in [1.807, 2.05) is 30.3 Å². The summed E-state index contributed by atoms with van der Waals surface area (Å²) in [5.41, 5.74) is 0.208. The molecule has 0 amide bonds. The Morgan fingerprint density at radius 1 is 1.18 bits per heavy atom. The standard InChI is InChI=1S/C19H29NO2/c1-2-18(15-10-12-20-13-11-15)22-14-19(21,17-8-9-17)16-6-4-3-5-7-16/h3-7,15,17-18,20-21H,2,8-14H2,1H3/t18-,19?/m0/s1. The highest BCUT2D eigenvalue weighted by Gasteiger charge is 2.45. The van der Waals surface area contributed by atoms with Gasteiger partial charge in [0.25, 0.3) is 0 Å². The predicted octanol–water partition coefficient (Wildman–Crippen LogP) is 3.08.